The lowest BCUT2D eigenvalue weighted by atomic mass is 10.1. The van der Waals surface area contributed by atoms with Crippen LogP contribution in [0.25, 0.3) is 11.5 Å². The highest BCUT2D eigenvalue weighted by atomic mass is 32.1. The number of aromatic nitrogens is 2. The summed E-state index contributed by atoms with van der Waals surface area (Å²) in [5, 5.41) is 12.0. The molecule has 0 saturated heterocycles. The number of benzene rings is 1. The van der Waals surface area contributed by atoms with Crippen molar-refractivity contribution in [2.75, 3.05) is 25.5 Å². The van der Waals surface area contributed by atoms with Gasteiger partial charge in [0, 0.05) is 56.7 Å². The third kappa shape index (κ3) is 4.95. The summed E-state index contributed by atoms with van der Waals surface area (Å²) < 4.78 is 5.65. The van der Waals surface area contributed by atoms with E-state index in [1.165, 1.54) is 0 Å². The maximum Gasteiger partial charge on any atom is 0.248 e. The van der Waals surface area contributed by atoms with E-state index in [0.29, 0.717) is 37.7 Å². The molecule has 142 valence electrons. The van der Waals surface area contributed by atoms with Crippen LogP contribution in [0.15, 0.2) is 45.5 Å². The second-order valence-corrected chi connectivity index (χ2v) is 7.26. The van der Waals surface area contributed by atoms with Gasteiger partial charge in [-0.2, -0.15) is 11.3 Å². The molecular weight excluding hydrogens is 360 g/mol. The summed E-state index contributed by atoms with van der Waals surface area (Å²) in [5.41, 5.74) is 3.18. The van der Waals surface area contributed by atoms with E-state index >= 15 is 0 Å². The van der Waals surface area contributed by atoms with Crippen LogP contribution in [0, 0.1) is 0 Å². The molecule has 0 aliphatic rings. The Morgan fingerprint density at radius 2 is 1.93 bits per heavy atom. The van der Waals surface area contributed by atoms with Crippen molar-refractivity contribution in [3.63, 3.8) is 0 Å². The zero-order valence-corrected chi connectivity index (χ0v) is 16.7. The average molecular weight is 385 g/mol. The molecule has 0 aliphatic carbocycles. The Bertz CT molecular complexity index is 857. The van der Waals surface area contributed by atoms with E-state index in [1.807, 2.05) is 42.7 Å². The Labute approximate surface area is 163 Å². The van der Waals surface area contributed by atoms with Crippen molar-refractivity contribution in [2.45, 2.75) is 26.3 Å². The number of anilines is 1. The Hall–Kier alpha value is -2.67. The molecule has 0 unspecified atom stereocenters. The van der Waals surface area contributed by atoms with Crippen LogP contribution < -0.4 is 4.90 Å². The van der Waals surface area contributed by atoms with Crippen LogP contribution in [-0.4, -0.2) is 41.6 Å². The summed E-state index contributed by atoms with van der Waals surface area (Å²) in [6, 6.07) is 10.2. The molecule has 3 rings (SSSR count). The maximum absolute atomic E-state index is 12.6. The molecule has 0 fully saturated rings. The van der Waals surface area contributed by atoms with E-state index in [-0.39, 0.29) is 5.91 Å². The molecule has 27 heavy (non-hydrogen) atoms. The molecular formula is C20H24N4O2S. The highest BCUT2D eigenvalue weighted by Gasteiger charge is 2.15. The van der Waals surface area contributed by atoms with Gasteiger partial charge in [-0.25, -0.2) is 0 Å². The smallest absolute Gasteiger partial charge is 0.248 e. The van der Waals surface area contributed by atoms with E-state index in [2.05, 4.69) is 39.4 Å². The normalized spacial score (nSPS) is 10.8. The standard InChI is InChI=1S/C20H24N4O2S/c1-4-24(13-15-5-7-17(8-6-15)23(2)3)19(25)10-9-18-21-22-20(26-18)16-11-12-27-14-16/h5-8,11-12,14H,4,9-10,13H2,1-3H3. The second kappa shape index (κ2) is 8.81. The van der Waals surface area contributed by atoms with Crippen molar-refractivity contribution < 1.29 is 9.21 Å². The van der Waals surface area contributed by atoms with Crippen LogP contribution in [-0.2, 0) is 17.8 Å². The SMILES string of the molecule is CCN(Cc1ccc(N(C)C)cc1)C(=O)CCc1nnc(-c2ccsc2)o1. The van der Waals surface area contributed by atoms with Crippen molar-refractivity contribution in [1.29, 1.82) is 0 Å². The molecule has 3 aromatic rings. The van der Waals surface area contributed by atoms with Crippen LogP contribution in [0.5, 0.6) is 0 Å². The van der Waals surface area contributed by atoms with Gasteiger partial charge in [-0.15, -0.1) is 10.2 Å². The first-order chi connectivity index (χ1) is 13.1. The number of carbonyl (C=O) groups is 1. The predicted molar refractivity (Wildman–Crippen MR) is 108 cm³/mol. The first-order valence-corrected chi connectivity index (χ1v) is 9.90. The average Bonchev–Trinajstić information content (AvgIpc) is 3.36. The summed E-state index contributed by atoms with van der Waals surface area (Å²) >= 11 is 1.58. The molecule has 0 aliphatic heterocycles. The molecule has 0 bridgehead atoms. The summed E-state index contributed by atoms with van der Waals surface area (Å²) in [4.78, 5) is 16.5. The number of rotatable bonds is 8. The molecule has 2 aromatic heterocycles. The number of hydrogen-bond acceptors (Lipinski definition) is 6. The van der Waals surface area contributed by atoms with Crippen LogP contribution in [0.3, 0.4) is 0 Å². The van der Waals surface area contributed by atoms with Gasteiger partial charge in [-0.1, -0.05) is 12.1 Å². The minimum Gasteiger partial charge on any atom is -0.421 e. The Morgan fingerprint density at radius 3 is 2.56 bits per heavy atom. The summed E-state index contributed by atoms with van der Waals surface area (Å²) in [7, 11) is 4.02. The van der Waals surface area contributed by atoms with Gasteiger partial charge in [0.05, 0.1) is 0 Å². The van der Waals surface area contributed by atoms with E-state index in [1.54, 1.807) is 11.3 Å². The zero-order chi connectivity index (χ0) is 19.2. The molecule has 0 atom stereocenters. The summed E-state index contributed by atoms with van der Waals surface area (Å²) in [6.07, 6.45) is 0.806. The lowest BCUT2D eigenvalue weighted by Gasteiger charge is -2.21. The van der Waals surface area contributed by atoms with Gasteiger partial charge in [0.25, 0.3) is 0 Å². The molecule has 6 nitrogen and oxygen atoms in total. The molecule has 0 N–H and O–H groups in total. The van der Waals surface area contributed by atoms with E-state index in [0.717, 1.165) is 16.8 Å². The van der Waals surface area contributed by atoms with Crippen LogP contribution >= 0.6 is 11.3 Å². The first-order valence-electron chi connectivity index (χ1n) is 8.95. The summed E-state index contributed by atoms with van der Waals surface area (Å²) in [5.74, 6) is 1.09. The number of amides is 1. The lowest BCUT2D eigenvalue weighted by Crippen LogP contribution is -2.30. The van der Waals surface area contributed by atoms with Crippen molar-refractivity contribution >= 4 is 22.9 Å². The quantitative estimate of drug-likeness (QED) is 0.590. The topological polar surface area (TPSA) is 62.5 Å². The fraction of sp³-hybridized carbons (Fsp3) is 0.350. The number of thiophene rings is 1. The van der Waals surface area contributed by atoms with Crippen LogP contribution in [0.4, 0.5) is 5.69 Å². The van der Waals surface area contributed by atoms with Crippen molar-refractivity contribution in [3.8, 4) is 11.5 Å². The highest BCUT2D eigenvalue weighted by molar-refractivity contribution is 7.08. The van der Waals surface area contributed by atoms with Gasteiger partial charge in [0.1, 0.15) is 0 Å². The van der Waals surface area contributed by atoms with Crippen LogP contribution in [0.1, 0.15) is 24.8 Å². The van der Waals surface area contributed by atoms with Gasteiger partial charge in [0.15, 0.2) is 0 Å². The molecule has 2 heterocycles. The molecule has 1 aromatic carbocycles. The van der Waals surface area contributed by atoms with Gasteiger partial charge in [-0.3, -0.25) is 4.79 Å². The monoisotopic (exact) mass is 384 g/mol. The highest BCUT2D eigenvalue weighted by Crippen LogP contribution is 2.21. The Morgan fingerprint density at radius 1 is 1.15 bits per heavy atom. The number of carbonyl (C=O) groups excluding carboxylic acids is 1. The van der Waals surface area contributed by atoms with Crippen molar-refractivity contribution in [3.05, 3.63) is 52.5 Å². The van der Waals surface area contributed by atoms with E-state index < -0.39 is 0 Å². The number of aryl methyl sites for hydroxylation is 1. The molecule has 0 radical (unpaired) electrons. The number of hydrogen-bond donors (Lipinski definition) is 0. The maximum atomic E-state index is 12.6. The van der Waals surface area contributed by atoms with Gasteiger partial charge in [0.2, 0.25) is 17.7 Å². The molecule has 7 heteroatoms. The third-order valence-corrected chi connectivity index (χ3v) is 5.03. The largest absolute Gasteiger partial charge is 0.421 e. The van der Waals surface area contributed by atoms with Gasteiger partial charge >= 0.3 is 0 Å². The first kappa shape index (κ1) is 19.1. The zero-order valence-electron chi connectivity index (χ0n) is 15.9. The minimum absolute atomic E-state index is 0.0875. The molecule has 0 saturated carbocycles. The van der Waals surface area contributed by atoms with E-state index in [9.17, 15) is 4.79 Å². The molecule has 0 spiro atoms. The molecule has 1 amide bonds. The second-order valence-electron chi connectivity index (χ2n) is 6.48. The predicted octanol–water partition coefficient (Wildman–Crippen LogP) is 3.85. The van der Waals surface area contributed by atoms with E-state index in [4.69, 9.17) is 4.42 Å². The van der Waals surface area contributed by atoms with Gasteiger partial charge in [-0.05, 0) is 36.1 Å². The Kier molecular flexibility index (Phi) is 6.24. The van der Waals surface area contributed by atoms with Crippen molar-refractivity contribution in [2.24, 2.45) is 0 Å². The fourth-order valence-electron chi connectivity index (χ4n) is 2.73. The Balaban J connectivity index is 1.55. The minimum atomic E-state index is 0.0875. The van der Waals surface area contributed by atoms with Crippen molar-refractivity contribution in [1.82, 2.24) is 15.1 Å². The third-order valence-electron chi connectivity index (χ3n) is 4.35. The summed E-state index contributed by atoms with van der Waals surface area (Å²) in [6.45, 7) is 3.26. The van der Waals surface area contributed by atoms with Gasteiger partial charge < -0.3 is 14.2 Å². The lowest BCUT2D eigenvalue weighted by molar-refractivity contribution is -0.131. The fourth-order valence-corrected chi connectivity index (χ4v) is 3.36. The number of nitrogens with zero attached hydrogens (tertiary/aromatic N) is 4. The van der Waals surface area contributed by atoms with Crippen LogP contribution in [0.2, 0.25) is 0 Å².